The third kappa shape index (κ3) is 8.71. The van der Waals surface area contributed by atoms with Crippen LogP contribution in [0, 0.1) is 69.2 Å². The van der Waals surface area contributed by atoms with Gasteiger partial charge in [-0.1, -0.05) is 96.3 Å². The fourth-order valence-electron chi connectivity index (χ4n) is 9.09. The lowest BCUT2D eigenvalue weighted by atomic mass is 9.97. The summed E-state index contributed by atoms with van der Waals surface area (Å²) in [6, 6.07) is 49.9. The van der Waals surface area contributed by atoms with Gasteiger partial charge in [-0.15, -0.1) is 0 Å². The van der Waals surface area contributed by atoms with Gasteiger partial charge in [0, 0.05) is 34.1 Å². The smallest absolute Gasteiger partial charge is 0.0520 e. The average molecular weight is 776 g/mol. The molecule has 7 rings (SSSR count). The molecule has 7 aromatic rings. The molecule has 300 valence electrons. The van der Waals surface area contributed by atoms with Crippen LogP contribution in [0.25, 0.3) is 0 Å². The molecule has 0 fully saturated rings. The van der Waals surface area contributed by atoms with Gasteiger partial charge in [-0.3, -0.25) is 0 Å². The molecule has 59 heavy (non-hydrogen) atoms. The summed E-state index contributed by atoms with van der Waals surface area (Å²) in [7, 11) is 0. The predicted molar refractivity (Wildman–Crippen MR) is 256 cm³/mol. The maximum absolute atomic E-state index is 2.51. The summed E-state index contributed by atoms with van der Waals surface area (Å²) >= 11 is 0. The van der Waals surface area contributed by atoms with Crippen LogP contribution in [0.1, 0.15) is 81.0 Å². The molecule has 0 aromatic heterocycles. The molecule has 0 saturated carbocycles. The Bertz CT molecular complexity index is 2450. The Hall–Kier alpha value is -6.06. The molecule has 7 aromatic carbocycles. The normalized spacial score (nSPS) is 11.2. The zero-order chi connectivity index (χ0) is 42.0. The van der Waals surface area contributed by atoms with Crippen molar-refractivity contribution in [3.05, 3.63) is 195 Å². The molecule has 3 heteroatoms. The van der Waals surface area contributed by atoms with E-state index in [-0.39, 0.29) is 0 Å². The molecule has 0 spiro atoms. The Labute approximate surface area is 354 Å². The average Bonchev–Trinajstić information content (AvgIpc) is 3.19. The van der Waals surface area contributed by atoms with Crippen molar-refractivity contribution in [1.29, 1.82) is 0 Å². The van der Waals surface area contributed by atoms with Crippen LogP contribution in [-0.4, -0.2) is 0 Å². The standard InChI is InChI=1S/C56H61N3/c1-12-13-14-47-35-45(10)56(46(11)36-47)59(55-43(8)33-40(5)34-44(55)9)53-29-27-52(28-30-53)58(54-41(6)31-39(4)32-42(54)7)51-25-23-50(24-26-51)57(48-19-15-37(2)16-20-48)49-21-17-38(3)18-22-49/h15-36H,12-14H2,1-11H3. The number of hydrogen-bond donors (Lipinski definition) is 0. The molecule has 0 aliphatic carbocycles. The largest absolute Gasteiger partial charge is 0.311 e. The topological polar surface area (TPSA) is 9.72 Å². The van der Waals surface area contributed by atoms with Gasteiger partial charge >= 0.3 is 0 Å². The molecule has 0 N–H and O–H groups in total. The number of aryl methyl sites for hydroxylation is 11. The molecular weight excluding hydrogens is 715 g/mol. The third-order valence-electron chi connectivity index (χ3n) is 11.6. The summed E-state index contributed by atoms with van der Waals surface area (Å²) in [4.78, 5) is 7.29. The van der Waals surface area contributed by atoms with Gasteiger partial charge in [-0.2, -0.15) is 0 Å². The van der Waals surface area contributed by atoms with Gasteiger partial charge in [0.15, 0.2) is 0 Å². The van der Waals surface area contributed by atoms with Gasteiger partial charge in [0.1, 0.15) is 0 Å². The van der Waals surface area contributed by atoms with Crippen molar-refractivity contribution in [2.75, 3.05) is 14.7 Å². The monoisotopic (exact) mass is 775 g/mol. The van der Waals surface area contributed by atoms with Gasteiger partial charge in [-0.25, -0.2) is 0 Å². The van der Waals surface area contributed by atoms with Crippen molar-refractivity contribution in [3.8, 4) is 0 Å². The second kappa shape index (κ2) is 17.4. The number of rotatable bonds is 12. The van der Waals surface area contributed by atoms with Gasteiger partial charge in [0.25, 0.3) is 0 Å². The highest BCUT2D eigenvalue weighted by atomic mass is 15.2. The van der Waals surface area contributed by atoms with E-state index in [0.717, 1.165) is 40.5 Å². The number of benzene rings is 7. The summed E-state index contributed by atoms with van der Waals surface area (Å²) in [6.07, 6.45) is 3.51. The number of hydrogen-bond acceptors (Lipinski definition) is 3. The lowest BCUT2D eigenvalue weighted by molar-refractivity contribution is 0.794. The van der Waals surface area contributed by atoms with Crippen LogP contribution in [-0.2, 0) is 6.42 Å². The molecule has 0 atom stereocenters. The van der Waals surface area contributed by atoms with E-state index in [0.29, 0.717) is 0 Å². The summed E-state index contributed by atoms with van der Waals surface area (Å²) in [5.74, 6) is 0. The maximum Gasteiger partial charge on any atom is 0.0520 e. The number of anilines is 9. The van der Waals surface area contributed by atoms with E-state index < -0.39 is 0 Å². The lowest BCUT2D eigenvalue weighted by Gasteiger charge is -2.33. The predicted octanol–water partition coefficient (Wildman–Crippen LogP) is 16.5. The Balaban J connectivity index is 1.35. The Morgan fingerprint density at radius 2 is 0.576 bits per heavy atom. The van der Waals surface area contributed by atoms with E-state index >= 15 is 0 Å². The van der Waals surface area contributed by atoms with Crippen LogP contribution >= 0.6 is 0 Å². The van der Waals surface area contributed by atoms with Crippen molar-refractivity contribution in [1.82, 2.24) is 0 Å². The molecular formula is C56H61N3. The van der Waals surface area contributed by atoms with E-state index in [2.05, 4.69) is 224 Å². The van der Waals surface area contributed by atoms with Crippen molar-refractivity contribution >= 4 is 51.2 Å². The first-order valence-electron chi connectivity index (χ1n) is 21.3. The fraction of sp³-hybridized carbons (Fsp3) is 0.250. The second-order valence-electron chi connectivity index (χ2n) is 16.9. The fourth-order valence-corrected chi connectivity index (χ4v) is 9.09. The molecule has 0 saturated heterocycles. The summed E-state index contributed by atoms with van der Waals surface area (Å²) in [5.41, 5.74) is 24.6. The van der Waals surface area contributed by atoms with Crippen molar-refractivity contribution in [2.24, 2.45) is 0 Å². The Kier molecular flexibility index (Phi) is 12.1. The highest BCUT2D eigenvalue weighted by Crippen LogP contribution is 2.46. The minimum atomic E-state index is 1.11. The van der Waals surface area contributed by atoms with Gasteiger partial charge in [-0.05, 0) is 194 Å². The van der Waals surface area contributed by atoms with Gasteiger partial charge < -0.3 is 14.7 Å². The van der Waals surface area contributed by atoms with E-state index in [1.54, 1.807) is 0 Å². The first kappa shape index (κ1) is 41.1. The zero-order valence-electron chi connectivity index (χ0n) is 37.2. The minimum Gasteiger partial charge on any atom is -0.311 e. The van der Waals surface area contributed by atoms with E-state index in [9.17, 15) is 0 Å². The minimum absolute atomic E-state index is 1.11. The van der Waals surface area contributed by atoms with Crippen LogP contribution in [0.3, 0.4) is 0 Å². The Morgan fingerprint density at radius 1 is 0.305 bits per heavy atom. The van der Waals surface area contributed by atoms with Crippen molar-refractivity contribution in [2.45, 2.75) is 95.4 Å². The van der Waals surface area contributed by atoms with Gasteiger partial charge in [0.2, 0.25) is 0 Å². The molecule has 3 nitrogen and oxygen atoms in total. The van der Waals surface area contributed by atoms with Crippen LogP contribution in [0.2, 0.25) is 0 Å². The second-order valence-corrected chi connectivity index (χ2v) is 16.9. The van der Waals surface area contributed by atoms with Crippen molar-refractivity contribution < 1.29 is 0 Å². The molecule has 0 radical (unpaired) electrons. The molecule has 0 bridgehead atoms. The van der Waals surface area contributed by atoms with E-state index in [1.165, 1.54) is 91.1 Å². The molecule has 0 aliphatic heterocycles. The van der Waals surface area contributed by atoms with Gasteiger partial charge in [0.05, 0.1) is 17.1 Å². The summed E-state index contributed by atoms with van der Waals surface area (Å²) in [5, 5.41) is 0. The Morgan fingerprint density at radius 3 is 0.915 bits per heavy atom. The SMILES string of the molecule is CCCCc1cc(C)c(N(c2ccc(N(c3ccc(N(c4ccc(C)cc4)c4ccc(C)cc4)cc3)c3c(C)cc(C)cc3C)cc2)c2c(C)cc(C)cc2C)c(C)c1. The first-order valence-corrected chi connectivity index (χ1v) is 21.3. The highest BCUT2D eigenvalue weighted by Gasteiger charge is 2.24. The number of unbranched alkanes of at least 4 members (excludes halogenated alkanes) is 1. The van der Waals surface area contributed by atoms with Crippen LogP contribution in [0.15, 0.2) is 133 Å². The summed E-state index contributed by atoms with van der Waals surface area (Å²) in [6.45, 7) is 24.5. The molecule has 0 amide bonds. The summed E-state index contributed by atoms with van der Waals surface area (Å²) < 4.78 is 0. The molecule has 0 aliphatic rings. The third-order valence-corrected chi connectivity index (χ3v) is 11.6. The maximum atomic E-state index is 2.51. The molecule has 0 unspecified atom stereocenters. The van der Waals surface area contributed by atoms with Crippen molar-refractivity contribution in [3.63, 3.8) is 0 Å². The zero-order valence-corrected chi connectivity index (χ0v) is 37.2. The highest BCUT2D eigenvalue weighted by molar-refractivity contribution is 5.87. The van der Waals surface area contributed by atoms with E-state index in [4.69, 9.17) is 0 Å². The molecule has 0 heterocycles. The number of nitrogens with zero attached hydrogens (tertiary/aromatic N) is 3. The first-order chi connectivity index (χ1) is 28.3. The van der Waals surface area contributed by atoms with Crippen LogP contribution < -0.4 is 14.7 Å². The van der Waals surface area contributed by atoms with Crippen LogP contribution in [0.4, 0.5) is 51.2 Å². The van der Waals surface area contributed by atoms with E-state index in [1.807, 2.05) is 0 Å². The quantitative estimate of drug-likeness (QED) is 0.122. The lowest BCUT2D eigenvalue weighted by Crippen LogP contribution is -2.17. The van der Waals surface area contributed by atoms with Crippen LogP contribution in [0.5, 0.6) is 0 Å².